The molecule has 1 aliphatic rings. The van der Waals surface area contributed by atoms with E-state index in [0.29, 0.717) is 22.2 Å². The van der Waals surface area contributed by atoms with Crippen molar-refractivity contribution in [2.75, 3.05) is 4.90 Å². The number of rotatable bonds is 5. The highest BCUT2D eigenvalue weighted by atomic mass is 35.5. The molecule has 0 radical (unpaired) electrons. The monoisotopic (exact) mass is 421 g/mol. The smallest absolute Gasteiger partial charge is 0.298 e. The molecule has 0 aromatic heterocycles. The number of thioether (sulfide) groups is 1. The number of hydrogen-bond acceptors (Lipinski definition) is 4. The van der Waals surface area contributed by atoms with Crippen molar-refractivity contribution in [2.45, 2.75) is 6.61 Å². The molecule has 0 unspecified atom stereocenters. The molecule has 29 heavy (non-hydrogen) atoms. The first-order valence-corrected chi connectivity index (χ1v) is 10.1. The van der Waals surface area contributed by atoms with Crippen LogP contribution in [-0.2, 0) is 11.4 Å². The molecule has 0 spiro atoms. The Bertz CT molecular complexity index is 1060. The molecule has 4 nitrogen and oxygen atoms in total. The van der Waals surface area contributed by atoms with E-state index in [4.69, 9.17) is 16.3 Å². The topological polar surface area (TPSA) is 46.6 Å². The summed E-state index contributed by atoms with van der Waals surface area (Å²) in [5.74, 6) is 0.406. The Morgan fingerprint density at radius 3 is 2.28 bits per heavy atom. The Kier molecular flexibility index (Phi) is 5.69. The standard InChI is InChI=1S/C23H16ClNO3S/c24-18-10-6-17(7-11-18)15-28-20-12-8-16(9-13-20)14-21-22(26)25(23(27)29-21)19-4-2-1-3-5-19/h1-14H,15H2/b21-14-. The fourth-order valence-electron chi connectivity index (χ4n) is 2.83. The van der Waals surface area contributed by atoms with Crippen molar-refractivity contribution >= 4 is 46.3 Å². The normalized spacial score (nSPS) is 15.2. The van der Waals surface area contributed by atoms with Crippen molar-refractivity contribution in [3.8, 4) is 5.75 Å². The minimum absolute atomic E-state index is 0.296. The molecule has 1 aliphatic heterocycles. The van der Waals surface area contributed by atoms with Crippen LogP contribution in [0.2, 0.25) is 5.02 Å². The number of halogens is 1. The van der Waals surface area contributed by atoms with Gasteiger partial charge in [-0.3, -0.25) is 9.59 Å². The van der Waals surface area contributed by atoms with E-state index in [9.17, 15) is 9.59 Å². The third-order valence-corrected chi connectivity index (χ3v) is 5.43. The maximum absolute atomic E-state index is 12.7. The number of hydrogen-bond donors (Lipinski definition) is 0. The van der Waals surface area contributed by atoms with Crippen LogP contribution >= 0.6 is 23.4 Å². The Hall–Kier alpha value is -3.02. The van der Waals surface area contributed by atoms with Gasteiger partial charge in [-0.1, -0.05) is 54.1 Å². The molecule has 6 heteroatoms. The van der Waals surface area contributed by atoms with Crippen LogP contribution in [-0.4, -0.2) is 11.1 Å². The van der Waals surface area contributed by atoms with Gasteiger partial charge in [-0.2, -0.15) is 0 Å². The number of carbonyl (C=O) groups excluding carboxylic acids is 2. The molecular weight excluding hydrogens is 406 g/mol. The lowest BCUT2D eigenvalue weighted by Crippen LogP contribution is -2.27. The average molecular weight is 422 g/mol. The summed E-state index contributed by atoms with van der Waals surface area (Å²) in [5.41, 5.74) is 2.42. The van der Waals surface area contributed by atoms with Crippen molar-refractivity contribution in [3.63, 3.8) is 0 Å². The second-order valence-corrected chi connectivity index (χ2v) is 7.77. The third kappa shape index (κ3) is 4.53. The van der Waals surface area contributed by atoms with Crippen molar-refractivity contribution in [2.24, 2.45) is 0 Å². The fourth-order valence-corrected chi connectivity index (χ4v) is 3.79. The molecule has 1 saturated heterocycles. The first-order valence-electron chi connectivity index (χ1n) is 8.90. The van der Waals surface area contributed by atoms with Crippen LogP contribution < -0.4 is 9.64 Å². The lowest BCUT2D eigenvalue weighted by atomic mass is 10.2. The molecule has 0 atom stereocenters. The first-order chi connectivity index (χ1) is 14.1. The number of imide groups is 1. The summed E-state index contributed by atoms with van der Waals surface area (Å²) in [6.07, 6.45) is 1.72. The number of anilines is 1. The minimum atomic E-state index is -0.311. The van der Waals surface area contributed by atoms with Crippen LogP contribution in [0.15, 0.2) is 83.8 Å². The lowest BCUT2D eigenvalue weighted by Gasteiger charge is -2.11. The van der Waals surface area contributed by atoms with Crippen molar-refractivity contribution in [1.29, 1.82) is 0 Å². The number of para-hydroxylation sites is 1. The summed E-state index contributed by atoms with van der Waals surface area (Å²) in [5, 5.41) is 0.394. The number of ether oxygens (including phenoxy) is 1. The molecule has 0 aliphatic carbocycles. The summed E-state index contributed by atoms with van der Waals surface area (Å²) < 4.78 is 5.77. The summed E-state index contributed by atoms with van der Waals surface area (Å²) in [6.45, 7) is 0.437. The molecular formula is C23H16ClNO3S. The summed E-state index contributed by atoms with van der Waals surface area (Å²) in [4.78, 5) is 26.5. The van der Waals surface area contributed by atoms with Gasteiger partial charge in [-0.15, -0.1) is 0 Å². The van der Waals surface area contributed by atoms with E-state index >= 15 is 0 Å². The highest BCUT2D eigenvalue weighted by molar-refractivity contribution is 8.19. The van der Waals surface area contributed by atoms with Gasteiger partial charge in [0.05, 0.1) is 10.6 Å². The van der Waals surface area contributed by atoms with Crippen molar-refractivity contribution in [1.82, 2.24) is 0 Å². The second-order valence-electron chi connectivity index (χ2n) is 6.34. The van der Waals surface area contributed by atoms with E-state index in [1.54, 1.807) is 30.3 Å². The number of carbonyl (C=O) groups is 2. The minimum Gasteiger partial charge on any atom is -0.489 e. The molecule has 1 heterocycles. The van der Waals surface area contributed by atoms with Gasteiger partial charge in [0.1, 0.15) is 12.4 Å². The number of amides is 2. The van der Waals surface area contributed by atoms with Crippen LogP contribution in [0, 0.1) is 0 Å². The Morgan fingerprint density at radius 2 is 1.59 bits per heavy atom. The van der Waals surface area contributed by atoms with E-state index in [1.807, 2.05) is 54.6 Å². The number of benzene rings is 3. The maximum atomic E-state index is 12.7. The van der Waals surface area contributed by atoms with Gasteiger partial charge in [0.2, 0.25) is 0 Å². The van der Waals surface area contributed by atoms with E-state index < -0.39 is 0 Å². The van der Waals surface area contributed by atoms with Gasteiger partial charge < -0.3 is 4.74 Å². The second kappa shape index (κ2) is 8.55. The third-order valence-electron chi connectivity index (χ3n) is 4.30. The maximum Gasteiger partial charge on any atom is 0.298 e. The predicted octanol–water partition coefficient (Wildman–Crippen LogP) is 6.16. The van der Waals surface area contributed by atoms with E-state index in [0.717, 1.165) is 28.6 Å². The molecule has 4 rings (SSSR count). The molecule has 3 aromatic rings. The van der Waals surface area contributed by atoms with Crippen molar-refractivity contribution in [3.05, 3.63) is 99.9 Å². The molecule has 0 N–H and O–H groups in total. The summed E-state index contributed by atoms with van der Waals surface area (Å²) >= 11 is 6.82. The molecule has 2 amide bonds. The zero-order valence-corrected chi connectivity index (χ0v) is 16.8. The van der Waals surface area contributed by atoms with E-state index in [1.165, 1.54) is 4.90 Å². The highest BCUT2D eigenvalue weighted by Crippen LogP contribution is 2.35. The van der Waals surface area contributed by atoms with Crippen LogP contribution in [0.3, 0.4) is 0 Å². The number of nitrogens with zero attached hydrogens (tertiary/aromatic N) is 1. The fraction of sp³-hybridized carbons (Fsp3) is 0.0435. The Labute approximate surface area is 177 Å². The average Bonchev–Trinajstić information content (AvgIpc) is 3.02. The predicted molar refractivity (Wildman–Crippen MR) is 117 cm³/mol. The van der Waals surface area contributed by atoms with Gasteiger partial charge >= 0.3 is 0 Å². The van der Waals surface area contributed by atoms with Gasteiger partial charge in [0.25, 0.3) is 11.1 Å². The molecule has 1 fully saturated rings. The molecule has 0 bridgehead atoms. The quantitative estimate of drug-likeness (QED) is 0.463. The highest BCUT2D eigenvalue weighted by Gasteiger charge is 2.36. The first kappa shape index (κ1) is 19.3. The van der Waals surface area contributed by atoms with E-state index in [2.05, 4.69) is 0 Å². The largest absolute Gasteiger partial charge is 0.489 e. The van der Waals surface area contributed by atoms with Gasteiger partial charge in [-0.05, 0) is 65.4 Å². The van der Waals surface area contributed by atoms with Crippen molar-refractivity contribution < 1.29 is 14.3 Å². The van der Waals surface area contributed by atoms with Gasteiger partial charge in [0.15, 0.2) is 0 Å². The SMILES string of the molecule is O=C1S/C(=C\c2ccc(OCc3ccc(Cl)cc3)cc2)C(=O)N1c1ccccc1. The van der Waals surface area contributed by atoms with E-state index in [-0.39, 0.29) is 11.1 Å². The zero-order chi connectivity index (χ0) is 20.2. The molecule has 144 valence electrons. The summed E-state index contributed by atoms with van der Waals surface area (Å²) in [6, 6.07) is 23.8. The van der Waals surface area contributed by atoms with Crippen LogP contribution in [0.1, 0.15) is 11.1 Å². The Balaban J connectivity index is 1.44. The van der Waals surface area contributed by atoms with Gasteiger partial charge in [0, 0.05) is 5.02 Å². The Morgan fingerprint density at radius 1 is 0.897 bits per heavy atom. The van der Waals surface area contributed by atoms with Gasteiger partial charge in [-0.25, -0.2) is 4.90 Å². The van der Waals surface area contributed by atoms with Crippen LogP contribution in [0.5, 0.6) is 5.75 Å². The zero-order valence-electron chi connectivity index (χ0n) is 15.2. The lowest BCUT2D eigenvalue weighted by molar-refractivity contribution is -0.113. The van der Waals surface area contributed by atoms with Crippen LogP contribution in [0.4, 0.5) is 10.5 Å². The van der Waals surface area contributed by atoms with Crippen LogP contribution in [0.25, 0.3) is 6.08 Å². The summed E-state index contributed by atoms with van der Waals surface area (Å²) in [7, 11) is 0. The molecule has 3 aromatic carbocycles. The molecule has 0 saturated carbocycles.